The first-order valence-corrected chi connectivity index (χ1v) is 11.4. The van der Waals surface area contributed by atoms with E-state index in [1.54, 1.807) is 11.6 Å². The largest absolute Gasteiger partial charge is 0.280 e. The fourth-order valence-electron chi connectivity index (χ4n) is 7.09. The highest BCUT2D eigenvalue weighted by Crippen LogP contribution is 2.57. The first-order valence-electron chi connectivity index (χ1n) is 11.4. The first-order chi connectivity index (χ1) is 15.0. The van der Waals surface area contributed by atoms with Crippen molar-refractivity contribution in [2.45, 2.75) is 51.0 Å². The van der Waals surface area contributed by atoms with Crippen molar-refractivity contribution in [2.75, 3.05) is 5.01 Å². The molecular formula is C26H27N3O2. The molecule has 0 unspecified atom stereocenters. The molecule has 2 aromatic carbocycles. The van der Waals surface area contributed by atoms with Crippen molar-refractivity contribution in [1.29, 1.82) is 0 Å². The van der Waals surface area contributed by atoms with Gasteiger partial charge in [-0.2, -0.15) is 4.68 Å². The van der Waals surface area contributed by atoms with Crippen LogP contribution in [0.1, 0.15) is 45.4 Å². The summed E-state index contributed by atoms with van der Waals surface area (Å²) in [6.45, 7) is 1.61. The summed E-state index contributed by atoms with van der Waals surface area (Å²) >= 11 is 0. The van der Waals surface area contributed by atoms with Crippen molar-refractivity contribution in [2.24, 2.45) is 17.8 Å². The van der Waals surface area contributed by atoms with E-state index in [4.69, 9.17) is 4.98 Å². The third kappa shape index (κ3) is 2.86. The zero-order chi connectivity index (χ0) is 21.2. The molecule has 1 amide bonds. The summed E-state index contributed by atoms with van der Waals surface area (Å²) in [7, 11) is 0. The van der Waals surface area contributed by atoms with Gasteiger partial charge in [-0.3, -0.25) is 9.59 Å². The lowest BCUT2D eigenvalue weighted by Gasteiger charge is -2.60. The number of carbonyl (C=O) groups is 1. The average Bonchev–Trinajstić information content (AvgIpc) is 2.75. The number of nitrogens with zero attached hydrogens (tertiary/aromatic N) is 3. The van der Waals surface area contributed by atoms with Crippen LogP contribution in [0.5, 0.6) is 0 Å². The van der Waals surface area contributed by atoms with E-state index in [-0.39, 0.29) is 17.0 Å². The number of para-hydroxylation sites is 1. The standard InChI is InChI=1S/C26H27N3O2/c1-17(30)29(26-14-18-11-19(15-26)13-20(12-18)16-26)28-24(21-7-3-2-4-8-21)27-23-10-6-5-9-22(23)25(28)31/h2-10,18-20H,11-16H2,1H3. The van der Waals surface area contributed by atoms with Crippen LogP contribution in [0, 0.1) is 17.8 Å². The number of hydrogen-bond donors (Lipinski definition) is 0. The number of carbonyl (C=O) groups excluding carboxylic acids is 1. The Hall–Kier alpha value is -2.95. The lowest BCUT2D eigenvalue weighted by Crippen LogP contribution is -2.67. The van der Waals surface area contributed by atoms with Crippen molar-refractivity contribution in [3.63, 3.8) is 0 Å². The summed E-state index contributed by atoms with van der Waals surface area (Å²) in [5.41, 5.74) is 1.08. The molecule has 7 rings (SSSR count). The van der Waals surface area contributed by atoms with Crippen molar-refractivity contribution < 1.29 is 4.79 Å². The Morgan fingerprint density at radius 3 is 2.13 bits per heavy atom. The van der Waals surface area contributed by atoms with Gasteiger partial charge in [-0.25, -0.2) is 9.99 Å². The molecule has 0 radical (unpaired) electrons. The molecule has 1 aromatic heterocycles. The molecular weight excluding hydrogens is 386 g/mol. The van der Waals surface area contributed by atoms with Crippen LogP contribution in [0.4, 0.5) is 0 Å². The summed E-state index contributed by atoms with van der Waals surface area (Å²) in [5.74, 6) is 2.47. The van der Waals surface area contributed by atoms with Gasteiger partial charge in [0, 0.05) is 12.5 Å². The van der Waals surface area contributed by atoms with Crippen LogP contribution in [-0.2, 0) is 4.79 Å². The van der Waals surface area contributed by atoms with E-state index in [1.807, 2.05) is 59.6 Å². The molecule has 4 aliphatic rings. The molecule has 31 heavy (non-hydrogen) atoms. The maximum Gasteiger partial charge on any atom is 0.280 e. The first kappa shape index (κ1) is 18.8. The normalized spacial score (nSPS) is 28.7. The highest BCUT2D eigenvalue weighted by atomic mass is 16.2. The molecule has 5 nitrogen and oxygen atoms in total. The third-order valence-corrected chi connectivity index (χ3v) is 7.74. The third-order valence-electron chi connectivity index (χ3n) is 7.74. The fourth-order valence-corrected chi connectivity index (χ4v) is 7.09. The second kappa shape index (κ2) is 6.78. The number of rotatable bonds is 3. The van der Waals surface area contributed by atoms with Crippen molar-refractivity contribution in [3.05, 3.63) is 65.0 Å². The molecule has 0 saturated heterocycles. The number of amides is 1. The Bertz CT molecular complexity index is 1200. The van der Waals surface area contributed by atoms with E-state index < -0.39 is 0 Å². The summed E-state index contributed by atoms with van der Waals surface area (Å²) < 4.78 is 1.62. The maximum atomic E-state index is 13.9. The molecule has 0 aliphatic heterocycles. The highest BCUT2D eigenvalue weighted by Gasteiger charge is 2.55. The minimum Gasteiger partial charge on any atom is -0.273 e. The zero-order valence-electron chi connectivity index (χ0n) is 17.8. The lowest BCUT2D eigenvalue weighted by atomic mass is 9.52. The minimum atomic E-state index is -0.280. The molecule has 4 bridgehead atoms. The van der Waals surface area contributed by atoms with Crippen LogP contribution >= 0.6 is 0 Å². The summed E-state index contributed by atoms with van der Waals surface area (Å²) in [5, 5.41) is 2.37. The van der Waals surface area contributed by atoms with Crippen LogP contribution in [-0.4, -0.2) is 21.1 Å². The van der Waals surface area contributed by atoms with Gasteiger partial charge >= 0.3 is 0 Å². The average molecular weight is 414 g/mol. The van der Waals surface area contributed by atoms with Gasteiger partial charge in [0.05, 0.1) is 16.4 Å². The molecule has 4 saturated carbocycles. The van der Waals surface area contributed by atoms with E-state index >= 15 is 0 Å². The Kier molecular flexibility index (Phi) is 4.11. The van der Waals surface area contributed by atoms with Gasteiger partial charge in [0.2, 0.25) is 5.91 Å². The van der Waals surface area contributed by atoms with Gasteiger partial charge in [-0.05, 0) is 68.4 Å². The molecule has 5 heteroatoms. The van der Waals surface area contributed by atoms with Crippen LogP contribution in [0.2, 0.25) is 0 Å². The van der Waals surface area contributed by atoms with Crippen LogP contribution in [0.15, 0.2) is 59.4 Å². The topological polar surface area (TPSA) is 55.2 Å². The molecule has 0 N–H and O–H groups in total. The monoisotopic (exact) mass is 413 g/mol. The quantitative estimate of drug-likeness (QED) is 0.635. The molecule has 0 atom stereocenters. The summed E-state index contributed by atoms with van der Waals surface area (Å²) in [6, 6.07) is 17.2. The highest BCUT2D eigenvalue weighted by molar-refractivity contribution is 5.87. The number of benzene rings is 2. The van der Waals surface area contributed by atoms with E-state index in [2.05, 4.69) is 0 Å². The fraction of sp³-hybridized carbons (Fsp3) is 0.423. The van der Waals surface area contributed by atoms with E-state index in [1.165, 1.54) is 19.3 Å². The van der Waals surface area contributed by atoms with Crippen LogP contribution in [0.3, 0.4) is 0 Å². The van der Waals surface area contributed by atoms with E-state index in [9.17, 15) is 9.59 Å². The van der Waals surface area contributed by atoms with Gasteiger partial charge in [-0.1, -0.05) is 42.5 Å². The van der Waals surface area contributed by atoms with Gasteiger partial charge in [0.25, 0.3) is 5.56 Å². The van der Waals surface area contributed by atoms with Gasteiger partial charge in [0.1, 0.15) is 0 Å². The van der Waals surface area contributed by atoms with Gasteiger partial charge in [0.15, 0.2) is 5.82 Å². The smallest absolute Gasteiger partial charge is 0.273 e. The minimum absolute atomic E-state index is 0.0710. The molecule has 0 spiro atoms. The Morgan fingerprint density at radius 1 is 0.935 bits per heavy atom. The summed E-state index contributed by atoms with van der Waals surface area (Å²) in [6.07, 6.45) is 6.81. The van der Waals surface area contributed by atoms with Crippen LogP contribution < -0.4 is 10.6 Å². The second-order valence-electron chi connectivity index (χ2n) is 9.91. The molecule has 158 valence electrons. The Morgan fingerprint density at radius 2 is 1.52 bits per heavy atom. The Labute approximate surface area is 181 Å². The molecule has 3 aromatic rings. The number of fused-ring (bicyclic) bond motifs is 1. The summed E-state index contributed by atoms with van der Waals surface area (Å²) in [4.78, 5) is 32.1. The van der Waals surface area contributed by atoms with Crippen molar-refractivity contribution in [1.82, 2.24) is 9.66 Å². The predicted molar refractivity (Wildman–Crippen MR) is 121 cm³/mol. The maximum absolute atomic E-state index is 13.9. The van der Waals surface area contributed by atoms with Gasteiger partial charge < -0.3 is 0 Å². The predicted octanol–water partition coefficient (Wildman–Crippen LogP) is 4.52. The number of aromatic nitrogens is 2. The Balaban J connectivity index is 1.63. The molecule has 4 fully saturated rings. The zero-order valence-corrected chi connectivity index (χ0v) is 17.8. The number of hydrogen-bond acceptors (Lipinski definition) is 3. The SMILES string of the molecule is CC(=O)N(n1c(-c2ccccc2)nc2ccccc2c1=O)C12CC3CC(CC(C3)C1)C2. The van der Waals surface area contributed by atoms with E-state index in [0.717, 1.165) is 24.8 Å². The van der Waals surface area contributed by atoms with Crippen molar-refractivity contribution in [3.8, 4) is 11.4 Å². The lowest BCUT2D eigenvalue weighted by molar-refractivity contribution is -0.123. The van der Waals surface area contributed by atoms with E-state index in [0.29, 0.717) is 34.5 Å². The molecule has 1 heterocycles. The second-order valence-corrected chi connectivity index (χ2v) is 9.91. The van der Waals surface area contributed by atoms with Gasteiger partial charge in [-0.15, -0.1) is 0 Å². The molecule has 4 aliphatic carbocycles. The van der Waals surface area contributed by atoms with Crippen LogP contribution in [0.25, 0.3) is 22.3 Å². The van der Waals surface area contributed by atoms with Crippen molar-refractivity contribution >= 4 is 16.8 Å².